The molecule has 0 saturated carbocycles. The van der Waals surface area contributed by atoms with Crippen LogP contribution in [0.1, 0.15) is 66.7 Å². The Bertz CT molecular complexity index is 57.1. The van der Waals surface area contributed by atoms with Crippen LogP contribution in [0.25, 0.3) is 0 Å². The van der Waals surface area contributed by atoms with Gasteiger partial charge >= 0.3 is 0 Å². The third-order valence-corrected chi connectivity index (χ3v) is 1.83. The van der Waals surface area contributed by atoms with Crippen LogP contribution in [-0.4, -0.2) is 0 Å². The lowest BCUT2D eigenvalue weighted by Gasteiger charge is -2.07. The van der Waals surface area contributed by atoms with Gasteiger partial charge in [0.05, 0.1) is 0 Å². The van der Waals surface area contributed by atoms with Crippen molar-refractivity contribution in [2.45, 2.75) is 66.7 Å². The molecule has 0 bridgehead atoms. The maximum atomic E-state index is 3.00. The molecule has 0 heterocycles. The quantitative estimate of drug-likeness (QED) is 0.501. The molecule has 1 unspecified atom stereocenters. The Morgan fingerprint density at radius 1 is 0.923 bits per heavy atom. The molecular formula is C13H30. The Kier molecular flexibility index (Phi) is 32.2. The van der Waals surface area contributed by atoms with Gasteiger partial charge in [-0.15, -0.1) is 13.2 Å². The van der Waals surface area contributed by atoms with E-state index in [1.165, 1.54) is 32.1 Å². The molecule has 0 aliphatic heterocycles. The van der Waals surface area contributed by atoms with Crippen molar-refractivity contribution in [1.82, 2.24) is 0 Å². The summed E-state index contributed by atoms with van der Waals surface area (Å²) in [5, 5.41) is 0. The summed E-state index contributed by atoms with van der Waals surface area (Å²) in [4.78, 5) is 0. The van der Waals surface area contributed by atoms with Crippen LogP contribution in [0.15, 0.2) is 13.2 Å². The summed E-state index contributed by atoms with van der Waals surface area (Å²) in [6.45, 7) is 16.9. The van der Waals surface area contributed by atoms with E-state index in [1.54, 1.807) is 0 Å². The molecule has 13 heavy (non-hydrogen) atoms. The molecule has 0 fully saturated rings. The largest absolute Gasteiger partial charge is 0.106 e. The molecular weight excluding hydrogens is 156 g/mol. The highest BCUT2D eigenvalue weighted by atomic mass is 14.0. The van der Waals surface area contributed by atoms with E-state index in [4.69, 9.17) is 0 Å². The summed E-state index contributed by atoms with van der Waals surface area (Å²) in [6, 6.07) is 0. The smallest absolute Gasteiger partial charge is 0.0443 e. The van der Waals surface area contributed by atoms with E-state index in [0.29, 0.717) is 0 Å². The van der Waals surface area contributed by atoms with E-state index in [1.807, 2.05) is 13.8 Å². The zero-order valence-electron chi connectivity index (χ0n) is 10.5. The van der Waals surface area contributed by atoms with E-state index in [-0.39, 0.29) is 0 Å². The van der Waals surface area contributed by atoms with Crippen LogP contribution in [0.4, 0.5) is 0 Å². The second kappa shape index (κ2) is 22.6. The molecule has 0 aromatic heterocycles. The monoisotopic (exact) mass is 186 g/mol. The molecule has 82 valence electrons. The predicted octanol–water partition coefficient (Wildman–Crippen LogP) is 5.44. The van der Waals surface area contributed by atoms with E-state index in [9.17, 15) is 0 Å². The maximum absolute atomic E-state index is 3.00. The second-order valence-corrected chi connectivity index (χ2v) is 3.04. The molecule has 0 rings (SSSR count). The standard InChI is InChI=1S/C9H20.C2H6.C2H4/c1-4-6-8-9(3)7-5-2;2*1-2/h9H,4-8H2,1-3H3;1-2H3;1-2H2. The van der Waals surface area contributed by atoms with Crippen LogP contribution in [-0.2, 0) is 0 Å². The average molecular weight is 186 g/mol. The fourth-order valence-corrected chi connectivity index (χ4v) is 1.19. The summed E-state index contributed by atoms with van der Waals surface area (Å²) in [5.41, 5.74) is 0. The number of unbranched alkanes of at least 4 members (excludes halogenated alkanes) is 1. The lowest BCUT2D eigenvalue weighted by atomic mass is 10.00. The van der Waals surface area contributed by atoms with Crippen molar-refractivity contribution in [3.63, 3.8) is 0 Å². The van der Waals surface area contributed by atoms with Gasteiger partial charge in [-0.1, -0.05) is 66.7 Å². The van der Waals surface area contributed by atoms with Crippen molar-refractivity contribution >= 4 is 0 Å². The van der Waals surface area contributed by atoms with Gasteiger partial charge in [0, 0.05) is 0 Å². The second-order valence-electron chi connectivity index (χ2n) is 3.04. The molecule has 1 atom stereocenters. The maximum Gasteiger partial charge on any atom is -0.0443 e. The Labute approximate surface area is 86.4 Å². The van der Waals surface area contributed by atoms with Crippen molar-refractivity contribution in [1.29, 1.82) is 0 Å². The Morgan fingerprint density at radius 2 is 1.38 bits per heavy atom. The molecule has 0 heteroatoms. The molecule has 0 amide bonds. The van der Waals surface area contributed by atoms with Crippen LogP contribution >= 0.6 is 0 Å². The normalized spacial score (nSPS) is 10.2. The fourth-order valence-electron chi connectivity index (χ4n) is 1.19. The number of hydrogen-bond donors (Lipinski definition) is 0. The Hall–Kier alpha value is -0.260. The van der Waals surface area contributed by atoms with E-state index in [0.717, 1.165) is 5.92 Å². The van der Waals surface area contributed by atoms with Crippen LogP contribution in [0, 0.1) is 5.92 Å². The lowest BCUT2D eigenvalue weighted by molar-refractivity contribution is 0.466. The molecule has 0 aliphatic rings. The minimum Gasteiger partial charge on any atom is -0.106 e. The van der Waals surface area contributed by atoms with Gasteiger partial charge in [-0.05, 0) is 5.92 Å². The first-order valence-electron chi connectivity index (χ1n) is 5.81. The van der Waals surface area contributed by atoms with Crippen molar-refractivity contribution in [2.75, 3.05) is 0 Å². The zero-order valence-corrected chi connectivity index (χ0v) is 10.5. The SMILES string of the molecule is C=C.CC.CCCCC(C)CCC. The average Bonchev–Trinajstić information content (AvgIpc) is 2.21. The first-order chi connectivity index (χ1) is 6.31. The number of hydrogen-bond acceptors (Lipinski definition) is 0. The highest BCUT2D eigenvalue weighted by Gasteiger charge is 1.97. The van der Waals surface area contributed by atoms with Crippen LogP contribution in [0.3, 0.4) is 0 Å². The third-order valence-electron chi connectivity index (χ3n) is 1.83. The fraction of sp³-hybridized carbons (Fsp3) is 0.846. The van der Waals surface area contributed by atoms with Gasteiger partial charge in [0.15, 0.2) is 0 Å². The minimum atomic E-state index is 0.968. The van der Waals surface area contributed by atoms with Crippen molar-refractivity contribution in [3.05, 3.63) is 13.2 Å². The molecule has 0 spiro atoms. The highest BCUT2D eigenvalue weighted by Crippen LogP contribution is 2.12. The molecule has 0 nitrogen and oxygen atoms in total. The summed E-state index contributed by atoms with van der Waals surface area (Å²) < 4.78 is 0. The van der Waals surface area contributed by atoms with E-state index < -0.39 is 0 Å². The van der Waals surface area contributed by atoms with Crippen LogP contribution in [0.5, 0.6) is 0 Å². The van der Waals surface area contributed by atoms with Gasteiger partial charge in [0.2, 0.25) is 0 Å². The molecule has 0 saturated heterocycles. The van der Waals surface area contributed by atoms with Gasteiger partial charge < -0.3 is 0 Å². The van der Waals surface area contributed by atoms with Crippen molar-refractivity contribution in [3.8, 4) is 0 Å². The zero-order chi connectivity index (χ0) is 11.1. The first-order valence-corrected chi connectivity index (χ1v) is 5.81. The molecule has 0 aliphatic carbocycles. The summed E-state index contributed by atoms with van der Waals surface area (Å²) >= 11 is 0. The van der Waals surface area contributed by atoms with Gasteiger partial charge in [0.25, 0.3) is 0 Å². The van der Waals surface area contributed by atoms with E-state index in [2.05, 4.69) is 33.9 Å². The summed E-state index contributed by atoms with van der Waals surface area (Å²) in [7, 11) is 0. The minimum absolute atomic E-state index is 0.968. The lowest BCUT2D eigenvalue weighted by Crippen LogP contribution is -1.92. The van der Waals surface area contributed by atoms with Crippen LogP contribution < -0.4 is 0 Å². The van der Waals surface area contributed by atoms with Crippen molar-refractivity contribution < 1.29 is 0 Å². The molecule has 0 aromatic carbocycles. The van der Waals surface area contributed by atoms with Gasteiger partial charge in [-0.25, -0.2) is 0 Å². The van der Waals surface area contributed by atoms with Crippen LogP contribution in [0.2, 0.25) is 0 Å². The molecule has 0 radical (unpaired) electrons. The van der Waals surface area contributed by atoms with E-state index >= 15 is 0 Å². The van der Waals surface area contributed by atoms with Gasteiger partial charge in [0.1, 0.15) is 0 Å². The Morgan fingerprint density at radius 3 is 1.69 bits per heavy atom. The molecule has 0 aromatic rings. The number of rotatable bonds is 5. The highest BCUT2D eigenvalue weighted by molar-refractivity contribution is 4.50. The first kappa shape index (κ1) is 18.5. The molecule has 0 N–H and O–H groups in total. The Balaban J connectivity index is -0.000000218. The van der Waals surface area contributed by atoms with Gasteiger partial charge in [-0.3, -0.25) is 0 Å². The third kappa shape index (κ3) is 24.5. The summed E-state index contributed by atoms with van der Waals surface area (Å²) in [6.07, 6.45) is 6.98. The summed E-state index contributed by atoms with van der Waals surface area (Å²) in [5.74, 6) is 0.968. The van der Waals surface area contributed by atoms with Crippen molar-refractivity contribution in [2.24, 2.45) is 5.92 Å². The predicted molar refractivity (Wildman–Crippen MR) is 66.2 cm³/mol. The topological polar surface area (TPSA) is 0 Å². The van der Waals surface area contributed by atoms with Gasteiger partial charge in [-0.2, -0.15) is 0 Å².